The van der Waals surface area contributed by atoms with Gasteiger partial charge in [0, 0.05) is 0 Å². The molecule has 0 aromatic heterocycles. The number of unbranched alkanes of at least 4 members (excludes halogenated alkanes) is 1. The Morgan fingerprint density at radius 3 is 2.21 bits per heavy atom. The van der Waals surface area contributed by atoms with E-state index >= 15 is 0 Å². The molecular weight excluding hydrogens is 408 g/mol. The van der Waals surface area contributed by atoms with Crippen molar-refractivity contribution in [1.82, 2.24) is 0 Å². The molecule has 0 unspecified atom stereocenters. The molecule has 0 heterocycles. The van der Waals surface area contributed by atoms with Gasteiger partial charge in [-0.15, -0.1) is 0 Å². The number of fused-ring (bicyclic) bond motifs is 1. The average molecular weight is 447 g/mol. The van der Waals surface area contributed by atoms with Crippen molar-refractivity contribution in [1.29, 1.82) is 0 Å². The first-order valence-electron chi connectivity index (χ1n) is 12.0. The van der Waals surface area contributed by atoms with Crippen molar-refractivity contribution < 1.29 is 14.3 Å². The third kappa shape index (κ3) is 7.08. The van der Waals surface area contributed by atoms with E-state index in [1.54, 1.807) is 13.8 Å². The summed E-state index contributed by atoms with van der Waals surface area (Å²) in [5.41, 5.74) is 1.16. The van der Waals surface area contributed by atoms with E-state index < -0.39 is 11.2 Å². The van der Waals surface area contributed by atoms with Crippen molar-refractivity contribution >= 4 is 16.7 Å². The van der Waals surface area contributed by atoms with Crippen LogP contribution in [0.2, 0.25) is 0 Å². The van der Waals surface area contributed by atoms with Gasteiger partial charge in [-0.2, -0.15) is 0 Å². The van der Waals surface area contributed by atoms with E-state index in [-0.39, 0.29) is 5.97 Å². The first kappa shape index (κ1) is 24.8. The second-order valence-electron chi connectivity index (χ2n) is 10.5. The van der Waals surface area contributed by atoms with Gasteiger partial charge in [0.1, 0.15) is 11.4 Å². The summed E-state index contributed by atoms with van der Waals surface area (Å²) in [5, 5.41) is 2.69. The monoisotopic (exact) mass is 446 g/mol. The number of benzene rings is 3. The lowest BCUT2D eigenvalue weighted by molar-refractivity contribution is -0.170. The van der Waals surface area contributed by atoms with Gasteiger partial charge in [0.25, 0.3) is 0 Å². The Hall–Kier alpha value is -2.81. The molecule has 0 saturated heterocycles. The van der Waals surface area contributed by atoms with Crippen molar-refractivity contribution in [2.45, 2.75) is 84.3 Å². The predicted molar refractivity (Wildman–Crippen MR) is 137 cm³/mol. The van der Waals surface area contributed by atoms with Crippen LogP contribution in [0, 0.1) is 0 Å². The summed E-state index contributed by atoms with van der Waals surface area (Å²) in [6.07, 6.45) is 4.56. The molecule has 0 aliphatic rings. The Morgan fingerprint density at radius 1 is 0.848 bits per heavy atom. The van der Waals surface area contributed by atoms with E-state index in [2.05, 4.69) is 61.5 Å². The zero-order valence-electron chi connectivity index (χ0n) is 21.0. The molecule has 0 amide bonds. The largest absolute Gasteiger partial charge is 0.476 e. The lowest BCUT2D eigenvalue weighted by Crippen LogP contribution is -2.43. The van der Waals surface area contributed by atoms with Gasteiger partial charge in [-0.1, -0.05) is 67.9 Å². The fourth-order valence-corrected chi connectivity index (χ4v) is 4.08. The Bertz CT molecular complexity index is 1050. The highest BCUT2D eigenvalue weighted by molar-refractivity contribution is 5.86. The summed E-state index contributed by atoms with van der Waals surface area (Å²) in [4.78, 5) is 12.4. The first-order chi connectivity index (χ1) is 15.5. The lowest BCUT2D eigenvalue weighted by atomic mass is 9.90. The van der Waals surface area contributed by atoms with Crippen LogP contribution in [0.25, 0.3) is 10.8 Å². The molecule has 3 aromatic rings. The lowest BCUT2D eigenvalue weighted by Gasteiger charge is -2.29. The van der Waals surface area contributed by atoms with Gasteiger partial charge >= 0.3 is 5.97 Å². The van der Waals surface area contributed by atoms with Crippen LogP contribution in [0.3, 0.4) is 0 Å². The molecule has 0 N–H and O–H groups in total. The summed E-state index contributed by atoms with van der Waals surface area (Å²) in [6.45, 7) is 11.4. The zero-order valence-corrected chi connectivity index (χ0v) is 21.0. The molecule has 0 bridgehead atoms. The van der Waals surface area contributed by atoms with Crippen LogP contribution in [-0.4, -0.2) is 17.2 Å². The number of rotatable bonds is 9. The molecular formula is C30H38O3. The summed E-state index contributed by atoms with van der Waals surface area (Å²) in [7, 11) is 0. The molecule has 3 nitrogen and oxygen atoms in total. The third-order valence-electron chi connectivity index (χ3n) is 5.89. The topological polar surface area (TPSA) is 35.5 Å². The van der Waals surface area contributed by atoms with Crippen molar-refractivity contribution in [2.75, 3.05) is 0 Å². The quantitative estimate of drug-likeness (QED) is 0.248. The molecule has 0 saturated carbocycles. The van der Waals surface area contributed by atoms with Crippen molar-refractivity contribution in [3.05, 3.63) is 77.9 Å². The molecule has 3 rings (SSSR count). The molecule has 3 heteroatoms. The molecule has 0 radical (unpaired) electrons. The van der Waals surface area contributed by atoms with Crippen molar-refractivity contribution in [3.63, 3.8) is 0 Å². The van der Waals surface area contributed by atoms with Crippen LogP contribution < -0.4 is 4.74 Å². The number of esters is 1. The van der Waals surface area contributed by atoms with Gasteiger partial charge in [-0.25, -0.2) is 4.79 Å². The highest BCUT2D eigenvalue weighted by atomic mass is 16.6. The van der Waals surface area contributed by atoms with Gasteiger partial charge in [0.05, 0.1) is 0 Å². The fourth-order valence-electron chi connectivity index (χ4n) is 4.08. The Morgan fingerprint density at radius 2 is 1.52 bits per heavy atom. The maximum Gasteiger partial charge on any atom is 0.350 e. The number of hydrogen-bond donors (Lipinski definition) is 0. The van der Waals surface area contributed by atoms with Crippen molar-refractivity contribution in [3.8, 4) is 5.75 Å². The van der Waals surface area contributed by atoms with Gasteiger partial charge < -0.3 is 9.47 Å². The van der Waals surface area contributed by atoms with Gasteiger partial charge in [0.15, 0.2) is 5.60 Å². The van der Waals surface area contributed by atoms with Crippen LogP contribution in [0.5, 0.6) is 5.75 Å². The summed E-state index contributed by atoms with van der Waals surface area (Å²) >= 11 is 0. The SMILES string of the molecule is C[C@@H](CCCCc1ccc(OC(C)(C)C(=O)OC(C)(C)C)cc1)c1cccc2ccccc12. The number of carbonyl (C=O) groups is 1. The zero-order chi connectivity index (χ0) is 24.1. The van der Waals surface area contributed by atoms with Gasteiger partial charge in [0.2, 0.25) is 0 Å². The van der Waals surface area contributed by atoms with Gasteiger partial charge in [-0.3, -0.25) is 0 Å². The minimum atomic E-state index is -1.04. The number of hydrogen-bond acceptors (Lipinski definition) is 3. The van der Waals surface area contributed by atoms with E-state index in [9.17, 15) is 4.79 Å². The Balaban J connectivity index is 1.48. The molecule has 3 aromatic carbocycles. The van der Waals surface area contributed by atoms with Crippen LogP contribution >= 0.6 is 0 Å². The standard InChI is InChI=1S/C30H38O3/c1-22(26-17-11-15-24-14-9-10-16-27(24)26)12-7-8-13-23-18-20-25(21-19-23)32-30(5,6)28(31)33-29(2,3)4/h9-11,14-22H,7-8,12-13H2,1-6H3/t22-/m0/s1. The van der Waals surface area contributed by atoms with E-state index in [0.29, 0.717) is 11.7 Å². The normalized spacial score (nSPS) is 13.0. The molecule has 176 valence electrons. The van der Waals surface area contributed by atoms with E-state index in [4.69, 9.17) is 9.47 Å². The highest BCUT2D eigenvalue weighted by Gasteiger charge is 2.34. The minimum Gasteiger partial charge on any atom is -0.476 e. The summed E-state index contributed by atoms with van der Waals surface area (Å²) in [5.74, 6) is 0.862. The van der Waals surface area contributed by atoms with Crippen molar-refractivity contribution in [2.24, 2.45) is 0 Å². The van der Waals surface area contributed by atoms with Crippen LogP contribution in [-0.2, 0) is 16.0 Å². The number of carbonyl (C=O) groups excluding carboxylic acids is 1. The maximum atomic E-state index is 12.4. The van der Waals surface area contributed by atoms with Crippen LogP contribution in [0.15, 0.2) is 66.7 Å². The Kier molecular flexibility index (Phi) is 7.84. The first-order valence-corrected chi connectivity index (χ1v) is 12.0. The summed E-state index contributed by atoms with van der Waals surface area (Å²) < 4.78 is 11.4. The molecule has 1 atom stereocenters. The molecule has 0 fully saturated rings. The maximum absolute atomic E-state index is 12.4. The number of aryl methyl sites for hydroxylation is 1. The number of ether oxygens (including phenoxy) is 2. The minimum absolute atomic E-state index is 0.362. The predicted octanol–water partition coefficient (Wildman–Crippen LogP) is 7.86. The average Bonchev–Trinajstić information content (AvgIpc) is 2.76. The smallest absolute Gasteiger partial charge is 0.350 e. The molecule has 0 spiro atoms. The third-order valence-corrected chi connectivity index (χ3v) is 5.89. The second kappa shape index (κ2) is 10.4. The van der Waals surface area contributed by atoms with E-state index in [1.165, 1.54) is 34.7 Å². The Labute approximate surface area is 199 Å². The fraction of sp³-hybridized carbons (Fsp3) is 0.433. The van der Waals surface area contributed by atoms with Crippen LogP contribution in [0.4, 0.5) is 0 Å². The summed E-state index contributed by atoms with van der Waals surface area (Å²) in [6, 6.07) is 23.3. The second-order valence-corrected chi connectivity index (χ2v) is 10.5. The molecule has 0 aliphatic heterocycles. The van der Waals surface area contributed by atoms with Crippen LogP contribution in [0.1, 0.15) is 77.8 Å². The van der Waals surface area contributed by atoms with Gasteiger partial charge in [-0.05, 0) is 93.8 Å². The molecule has 33 heavy (non-hydrogen) atoms. The van der Waals surface area contributed by atoms with E-state index in [1.807, 2.05) is 32.9 Å². The van der Waals surface area contributed by atoms with E-state index in [0.717, 1.165) is 12.8 Å². The highest BCUT2D eigenvalue weighted by Crippen LogP contribution is 2.29. The molecule has 0 aliphatic carbocycles.